The maximum atomic E-state index is 12.0. The summed E-state index contributed by atoms with van der Waals surface area (Å²) in [6.07, 6.45) is 1.59. The fraction of sp³-hybridized carbons (Fsp3) is 0.818. The predicted molar refractivity (Wildman–Crippen MR) is 68.8 cm³/mol. The second kappa shape index (κ2) is 6.84. The molecule has 0 radical (unpaired) electrons. The Bertz CT molecular complexity index is 457. The van der Waals surface area contributed by atoms with Gasteiger partial charge in [0.05, 0.1) is 12.6 Å². The number of nitrogens with zero attached hydrogens (tertiary/aromatic N) is 2. The lowest BCUT2D eigenvalue weighted by molar-refractivity contribution is -0.136. The summed E-state index contributed by atoms with van der Waals surface area (Å²) in [5.41, 5.74) is 0. The molecule has 1 rings (SSSR count). The maximum absolute atomic E-state index is 12.0. The highest BCUT2D eigenvalue weighted by atomic mass is 32.2. The van der Waals surface area contributed by atoms with Crippen LogP contribution in [0.4, 0.5) is 0 Å². The van der Waals surface area contributed by atoms with Crippen LogP contribution in [-0.4, -0.2) is 55.2 Å². The molecule has 0 aromatic carbocycles. The van der Waals surface area contributed by atoms with Gasteiger partial charge in [-0.2, -0.15) is 5.26 Å². The third kappa shape index (κ3) is 4.45. The Morgan fingerprint density at radius 2 is 2.32 bits per heavy atom. The van der Waals surface area contributed by atoms with Gasteiger partial charge in [-0.3, -0.25) is 4.79 Å². The van der Waals surface area contributed by atoms with Crippen LogP contribution in [0.3, 0.4) is 0 Å². The highest BCUT2D eigenvalue weighted by Gasteiger charge is 2.32. The molecule has 2 unspecified atom stereocenters. The van der Waals surface area contributed by atoms with Crippen LogP contribution in [0.25, 0.3) is 0 Å². The first-order valence-electron chi connectivity index (χ1n) is 6.19. The third-order valence-electron chi connectivity index (χ3n) is 3.18. The lowest BCUT2D eigenvalue weighted by Gasteiger charge is -2.32. The van der Waals surface area contributed by atoms with E-state index in [0.29, 0.717) is 19.6 Å². The van der Waals surface area contributed by atoms with Gasteiger partial charge >= 0.3 is 5.97 Å². The van der Waals surface area contributed by atoms with Gasteiger partial charge in [0.2, 0.25) is 10.0 Å². The Balaban J connectivity index is 2.55. The van der Waals surface area contributed by atoms with E-state index in [0.717, 1.165) is 12.8 Å². The van der Waals surface area contributed by atoms with E-state index in [-0.39, 0.29) is 12.5 Å². The number of piperidine rings is 1. The molecule has 0 amide bonds. The predicted octanol–water partition coefficient (Wildman–Crippen LogP) is -0.386. The van der Waals surface area contributed by atoms with Crippen LogP contribution in [0.15, 0.2) is 0 Å². The van der Waals surface area contributed by atoms with Crippen molar-refractivity contribution in [2.45, 2.75) is 25.0 Å². The highest BCUT2D eigenvalue weighted by molar-refractivity contribution is 7.89. The van der Waals surface area contributed by atoms with Crippen molar-refractivity contribution in [3.05, 3.63) is 0 Å². The quantitative estimate of drug-likeness (QED) is 0.689. The Kier molecular flexibility index (Phi) is 5.72. The molecule has 19 heavy (non-hydrogen) atoms. The molecule has 108 valence electrons. The SMILES string of the molecule is CC(C#N)S(=O)(=O)N1CCCC(CNCC(=O)O)C1. The summed E-state index contributed by atoms with van der Waals surface area (Å²) in [5, 5.41) is 19.0. The number of carboxylic acid groups (broad SMARTS) is 1. The largest absolute Gasteiger partial charge is 0.480 e. The summed E-state index contributed by atoms with van der Waals surface area (Å²) in [6, 6.07) is 1.75. The van der Waals surface area contributed by atoms with Gasteiger partial charge < -0.3 is 10.4 Å². The Morgan fingerprint density at radius 1 is 1.63 bits per heavy atom. The van der Waals surface area contributed by atoms with Crippen LogP contribution >= 0.6 is 0 Å². The lowest BCUT2D eigenvalue weighted by atomic mass is 10.00. The molecule has 0 aromatic heterocycles. The fourth-order valence-corrected chi connectivity index (χ4v) is 3.48. The van der Waals surface area contributed by atoms with Crippen LogP contribution in [-0.2, 0) is 14.8 Å². The van der Waals surface area contributed by atoms with E-state index < -0.39 is 21.2 Å². The minimum atomic E-state index is -3.56. The number of nitriles is 1. The molecular formula is C11H19N3O4S. The minimum absolute atomic E-state index is 0.0915. The van der Waals surface area contributed by atoms with E-state index in [4.69, 9.17) is 10.4 Å². The van der Waals surface area contributed by atoms with Crippen LogP contribution in [0, 0.1) is 17.2 Å². The summed E-state index contributed by atoms with van der Waals surface area (Å²) in [5.74, 6) is -0.841. The zero-order valence-corrected chi connectivity index (χ0v) is 11.7. The van der Waals surface area contributed by atoms with Crippen LogP contribution < -0.4 is 5.32 Å². The molecule has 1 fully saturated rings. The number of sulfonamides is 1. The lowest BCUT2D eigenvalue weighted by Crippen LogP contribution is -2.46. The molecule has 7 nitrogen and oxygen atoms in total. The van der Waals surface area contributed by atoms with Crippen molar-refractivity contribution in [3.63, 3.8) is 0 Å². The van der Waals surface area contributed by atoms with E-state index in [1.165, 1.54) is 11.2 Å². The molecule has 1 aliphatic rings. The second-order valence-electron chi connectivity index (χ2n) is 4.71. The van der Waals surface area contributed by atoms with Crippen molar-refractivity contribution in [2.75, 3.05) is 26.2 Å². The fourth-order valence-electron chi connectivity index (χ4n) is 2.10. The Morgan fingerprint density at radius 3 is 2.89 bits per heavy atom. The number of carbonyl (C=O) groups is 1. The van der Waals surface area contributed by atoms with Crippen LogP contribution in [0.5, 0.6) is 0 Å². The normalized spacial score (nSPS) is 22.6. The van der Waals surface area contributed by atoms with E-state index in [1.807, 2.05) is 0 Å². The number of aliphatic carboxylic acids is 1. The molecule has 1 saturated heterocycles. The molecule has 1 heterocycles. The molecule has 1 aliphatic heterocycles. The van der Waals surface area contributed by atoms with Gasteiger partial charge in [-0.05, 0) is 32.2 Å². The first-order chi connectivity index (χ1) is 8.87. The number of hydrogen-bond donors (Lipinski definition) is 2. The van der Waals surface area contributed by atoms with Gasteiger partial charge in [0.15, 0.2) is 5.25 Å². The van der Waals surface area contributed by atoms with E-state index in [9.17, 15) is 13.2 Å². The molecule has 0 aliphatic carbocycles. The zero-order valence-electron chi connectivity index (χ0n) is 10.9. The Hall–Kier alpha value is -1.17. The van der Waals surface area contributed by atoms with Gasteiger partial charge in [-0.1, -0.05) is 0 Å². The first-order valence-corrected chi connectivity index (χ1v) is 7.69. The summed E-state index contributed by atoms with van der Waals surface area (Å²) < 4.78 is 25.4. The van der Waals surface area contributed by atoms with Crippen LogP contribution in [0.2, 0.25) is 0 Å². The molecule has 0 aromatic rings. The average Bonchev–Trinajstić information content (AvgIpc) is 2.37. The Labute approximate surface area is 113 Å². The van der Waals surface area contributed by atoms with Gasteiger partial charge in [0.25, 0.3) is 0 Å². The molecule has 0 spiro atoms. The monoisotopic (exact) mass is 289 g/mol. The standard InChI is InChI=1S/C11H19N3O4S/c1-9(5-12)19(17,18)14-4-2-3-10(8-14)6-13-7-11(15)16/h9-10,13H,2-4,6-8H2,1H3,(H,15,16). The van der Waals surface area contributed by atoms with E-state index >= 15 is 0 Å². The highest BCUT2D eigenvalue weighted by Crippen LogP contribution is 2.20. The average molecular weight is 289 g/mol. The number of nitrogens with one attached hydrogen (secondary N) is 1. The van der Waals surface area contributed by atoms with Crippen molar-refractivity contribution in [2.24, 2.45) is 5.92 Å². The van der Waals surface area contributed by atoms with Crippen molar-refractivity contribution >= 4 is 16.0 Å². The summed E-state index contributed by atoms with van der Waals surface area (Å²) in [7, 11) is -3.56. The molecule has 2 atom stereocenters. The summed E-state index contributed by atoms with van der Waals surface area (Å²) in [6.45, 7) is 2.50. The molecule has 0 saturated carbocycles. The number of hydrogen-bond acceptors (Lipinski definition) is 5. The van der Waals surface area contributed by atoms with Crippen LogP contribution in [0.1, 0.15) is 19.8 Å². The van der Waals surface area contributed by atoms with Crippen molar-refractivity contribution in [1.29, 1.82) is 5.26 Å². The zero-order chi connectivity index (χ0) is 14.5. The van der Waals surface area contributed by atoms with Crippen molar-refractivity contribution in [3.8, 4) is 6.07 Å². The topological polar surface area (TPSA) is 111 Å². The third-order valence-corrected chi connectivity index (χ3v) is 5.23. The van der Waals surface area contributed by atoms with E-state index in [1.54, 1.807) is 6.07 Å². The van der Waals surface area contributed by atoms with Gasteiger partial charge in [0.1, 0.15) is 0 Å². The second-order valence-corrected chi connectivity index (χ2v) is 6.96. The summed E-state index contributed by atoms with van der Waals surface area (Å²) in [4.78, 5) is 10.4. The molecule has 0 bridgehead atoms. The van der Waals surface area contributed by atoms with Crippen molar-refractivity contribution in [1.82, 2.24) is 9.62 Å². The smallest absolute Gasteiger partial charge is 0.317 e. The molecule has 8 heteroatoms. The summed E-state index contributed by atoms with van der Waals surface area (Å²) >= 11 is 0. The first kappa shape index (κ1) is 15.9. The van der Waals surface area contributed by atoms with Gasteiger partial charge in [-0.25, -0.2) is 12.7 Å². The van der Waals surface area contributed by atoms with E-state index in [2.05, 4.69) is 5.32 Å². The van der Waals surface area contributed by atoms with Crippen molar-refractivity contribution < 1.29 is 18.3 Å². The molecule has 2 N–H and O–H groups in total. The number of carboxylic acids is 1. The molecular weight excluding hydrogens is 270 g/mol. The minimum Gasteiger partial charge on any atom is -0.480 e. The number of rotatable bonds is 6. The van der Waals surface area contributed by atoms with Gasteiger partial charge in [-0.15, -0.1) is 0 Å². The van der Waals surface area contributed by atoms with Gasteiger partial charge in [0, 0.05) is 13.1 Å². The maximum Gasteiger partial charge on any atom is 0.317 e.